The summed E-state index contributed by atoms with van der Waals surface area (Å²) in [5.41, 5.74) is 0.908. The molecule has 0 spiro atoms. The summed E-state index contributed by atoms with van der Waals surface area (Å²) in [6.45, 7) is 0. The van der Waals surface area contributed by atoms with Crippen molar-refractivity contribution in [2.45, 2.75) is 0 Å². The molecule has 0 fully saturated rings. The Bertz CT molecular complexity index is 397. The van der Waals surface area contributed by atoms with Gasteiger partial charge in [0.1, 0.15) is 5.75 Å². The van der Waals surface area contributed by atoms with Crippen LogP contribution in [0.4, 0.5) is 0 Å². The zero-order valence-electron chi connectivity index (χ0n) is 8.57. The minimum Gasteiger partial charge on any atom is -1.00 e. The van der Waals surface area contributed by atoms with Gasteiger partial charge in [-0.2, -0.15) is 0 Å². The fourth-order valence-electron chi connectivity index (χ4n) is 1.06. The zero-order chi connectivity index (χ0) is 7.68. The van der Waals surface area contributed by atoms with Crippen LogP contribution in [0.3, 0.4) is 0 Å². The third kappa shape index (κ3) is 1.68. The Morgan fingerprint density at radius 3 is 2.92 bits per heavy atom. The molecule has 3 heteroatoms. The van der Waals surface area contributed by atoms with Gasteiger partial charge in [-0.1, -0.05) is 6.07 Å². The standard InChI is InChI=1S/C9H7NO.Mg.2H/c11-8-3-4-9-7(6-8)2-1-5-10-9;;;/h1-6,11H;;;/q;+2;2*-1. The largest absolute Gasteiger partial charge is 2.00 e. The van der Waals surface area contributed by atoms with Crippen molar-refractivity contribution in [3.05, 3.63) is 36.5 Å². The minimum atomic E-state index is 0. The topological polar surface area (TPSA) is 33.1 Å². The van der Waals surface area contributed by atoms with Crippen molar-refractivity contribution in [2.24, 2.45) is 0 Å². The van der Waals surface area contributed by atoms with E-state index in [1.165, 1.54) is 0 Å². The minimum absolute atomic E-state index is 0. The number of aromatic nitrogens is 1. The van der Waals surface area contributed by atoms with E-state index in [2.05, 4.69) is 4.98 Å². The summed E-state index contributed by atoms with van der Waals surface area (Å²) in [7, 11) is 0. The van der Waals surface area contributed by atoms with Crippen LogP contribution in [0.2, 0.25) is 0 Å². The van der Waals surface area contributed by atoms with Crippen LogP contribution < -0.4 is 0 Å². The van der Waals surface area contributed by atoms with Gasteiger partial charge in [-0.15, -0.1) is 0 Å². The summed E-state index contributed by atoms with van der Waals surface area (Å²) in [5, 5.41) is 10.1. The number of hydrogen-bond acceptors (Lipinski definition) is 2. The first-order valence-corrected chi connectivity index (χ1v) is 3.40. The Morgan fingerprint density at radius 2 is 2.08 bits per heavy atom. The van der Waals surface area contributed by atoms with Crippen LogP contribution in [0.5, 0.6) is 5.75 Å². The van der Waals surface area contributed by atoms with E-state index < -0.39 is 0 Å². The van der Waals surface area contributed by atoms with E-state index in [0.29, 0.717) is 0 Å². The van der Waals surface area contributed by atoms with E-state index in [1.54, 1.807) is 24.4 Å². The van der Waals surface area contributed by atoms with E-state index in [4.69, 9.17) is 5.11 Å². The zero-order valence-corrected chi connectivity index (χ0v) is 7.98. The summed E-state index contributed by atoms with van der Waals surface area (Å²) >= 11 is 0. The monoisotopic (exact) mass is 171 g/mol. The molecule has 0 unspecified atom stereocenters. The Morgan fingerprint density at radius 1 is 1.25 bits per heavy atom. The Labute approximate surface area is 89.4 Å². The molecule has 2 aromatic rings. The Hall–Kier alpha value is -0.804. The first-order valence-electron chi connectivity index (χ1n) is 3.40. The second-order valence-corrected chi connectivity index (χ2v) is 2.38. The molecule has 2 rings (SSSR count). The van der Waals surface area contributed by atoms with Crippen LogP contribution >= 0.6 is 0 Å². The van der Waals surface area contributed by atoms with Gasteiger partial charge < -0.3 is 7.96 Å². The summed E-state index contributed by atoms with van der Waals surface area (Å²) < 4.78 is 0. The van der Waals surface area contributed by atoms with Crippen LogP contribution in [0.15, 0.2) is 36.5 Å². The first kappa shape index (κ1) is 9.29. The molecule has 1 N–H and O–H groups in total. The van der Waals surface area contributed by atoms with Gasteiger partial charge >= 0.3 is 23.1 Å². The van der Waals surface area contributed by atoms with Gasteiger partial charge in [0.05, 0.1) is 5.52 Å². The predicted molar refractivity (Wildman–Crippen MR) is 51.4 cm³/mol. The summed E-state index contributed by atoms with van der Waals surface area (Å²) in [6.07, 6.45) is 1.74. The van der Waals surface area contributed by atoms with Crippen molar-refractivity contribution in [1.29, 1.82) is 0 Å². The quantitative estimate of drug-likeness (QED) is 0.613. The molecule has 12 heavy (non-hydrogen) atoms. The summed E-state index contributed by atoms with van der Waals surface area (Å²) in [4.78, 5) is 4.11. The fraction of sp³-hybridized carbons (Fsp3) is 0. The maximum atomic E-state index is 9.10. The first-order chi connectivity index (χ1) is 5.36. The molecule has 0 aliphatic carbocycles. The van der Waals surface area contributed by atoms with Crippen molar-refractivity contribution in [3.63, 3.8) is 0 Å². The van der Waals surface area contributed by atoms with E-state index in [9.17, 15) is 0 Å². The molecule has 0 atom stereocenters. The molecule has 58 valence electrons. The number of phenolic OH excluding ortho intramolecular Hbond substituents is 1. The molecular formula is C9H9MgNO. The molecular weight excluding hydrogens is 162 g/mol. The average Bonchev–Trinajstić information content (AvgIpc) is 2.04. The molecule has 1 aromatic heterocycles. The number of nitrogens with zero attached hydrogens (tertiary/aromatic N) is 1. The summed E-state index contributed by atoms with van der Waals surface area (Å²) in [6, 6.07) is 8.90. The van der Waals surface area contributed by atoms with Crippen LogP contribution in [-0.2, 0) is 0 Å². The van der Waals surface area contributed by atoms with Crippen LogP contribution in [0.25, 0.3) is 10.9 Å². The van der Waals surface area contributed by atoms with Gasteiger partial charge in [-0.25, -0.2) is 0 Å². The smallest absolute Gasteiger partial charge is 1.00 e. The third-order valence-electron chi connectivity index (χ3n) is 1.59. The summed E-state index contributed by atoms with van der Waals surface area (Å²) in [5.74, 6) is 0.283. The normalized spacial score (nSPS) is 9.33. The average molecular weight is 171 g/mol. The van der Waals surface area contributed by atoms with Gasteiger partial charge in [-0.3, -0.25) is 4.98 Å². The number of fused-ring (bicyclic) bond motifs is 1. The number of benzene rings is 1. The molecule has 0 aliphatic rings. The van der Waals surface area contributed by atoms with Crippen molar-refractivity contribution >= 4 is 34.0 Å². The van der Waals surface area contributed by atoms with Gasteiger partial charge in [-0.05, 0) is 24.3 Å². The maximum absolute atomic E-state index is 9.10. The van der Waals surface area contributed by atoms with Crippen molar-refractivity contribution < 1.29 is 7.96 Å². The molecule has 0 radical (unpaired) electrons. The van der Waals surface area contributed by atoms with Crippen molar-refractivity contribution in [3.8, 4) is 5.75 Å². The number of pyridine rings is 1. The molecule has 0 aliphatic heterocycles. The van der Waals surface area contributed by atoms with Gasteiger partial charge in [0.15, 0.2) is 0 Å². The fourth-order valence-corrected chi connectivity index (χ4v) is 1.06. The van der Waals surface area contributed by atoms with Crippen LogP contribution in [0, 0.1) is 0 Å². The van der Waals surface area contributed by atoms with Crippen LogP contribution in [-0.4, -0.2) is 33.1 Å². The maximum Gasteiger partial charge on any atom is 2.00 e. The third-order valence-corrected chi connectivity index (χ3v) is 1.59. The van der Waals surface area contributed by atoms with E-state index in [0.717, 1.165) is 10.9 Å². The molecule has 0 amide bonds. The molecule has 1 heterocycles. The molecule has 2 nitrogen and oxygen atoms in total. The van der Waals surface area contributed by atoms with Gasteiger partial charge in [0.25, 0.3) is 0 Å². The van der Waals surface area contributed by atoms with Gasteiger partial charge in [0.2, 0.25) is 0 Å². The Balaban J connectivity index is 0. The molecule has 0 saturated carbocycles. The molecule has 0 saturated heterocycles. The van der Waals surface area contributed by atoms with Crippen LogP contribution in [0.1, 0.15) is 2.85 Å². The number of hydrogen-bond donors (Lipinski definition) is 1. The number of rotatable bonds is 0. The second kappa shape index (κ2) is 3.73. The van der Waals surface area contributed by atoms with Crippen molar-refractivity contribution in [1.82, 2.24) is 4.98 Å². The Kier molecular flexibility index (Phi) is 2.89. The van der Waals surface area contributed by atoms with Crippen molar-refractivity contribution in [2.75, 3.05) is 0 Å². The number of phenols is 1. The SMILES string of the molecule is Oc1ccc2ncccc2c1.[H-].[H-].[Mg+2]. The van der Waals surface area contributed by atoms with E-state index in [-0.39, 0.29) is 31.7 Å². The molecule has 1 aromatic carbocycles. The second-order valence-electron chi connectivity index (χ2n) is 2.38. The van der Waals surface area contributed by atoms with E-state index in [1.807, 2.05) is 12.1 Å². The van der Waals surface area contributed by atoms with Gasteiger partial charge in [0, 0.05) is 11.6 Å². The predicted octanol–water partition coefficient (Wildman–Crippen LogP) is 1.78. The molecule has 0 bridgehead atoms. The number of aromatic hydroxyl groups is 1. The van der Waals surface area contributed by atoms with E-state index >= 15 is 0 Å².